The summed E-state index contributed by atoms with van der Waals surface area (Å²) in [5.74, 6) is -1.06. The van der Waals surface area contributed by atoms with Gasteiger partial charge in [0.1, 0.15) is 6.04 Å². The van der Waals surface area contributed by atoms with Gasteiger partial charge in [0.25, 0.3) is 0 Å². The first-order chi connectivity index (χ1) is 5.95. The molecule has 0 heterocycles. The third-order valence-corrected chi connectivity index (χ3v) is 1.75. The summed E-state index contributed by atoms with van der Waals surface area (Å²) in [5.41, 5.74) is 10.5. The molecule has 0 aliphatic heterocycles. The zero-order chi connectivity index (χ0) is 10.4. The monoisotopic (exact) mass is 192 g/mol. The molecular formula is C7H16N2O4. The average molecular weight is 192 g/mol. The Bertz CT molecular complexity index is 163. The van der Waals surface area contributed by atoms with Gasteiger partial charge in [0.05, 0.1) is 6.04 Å². The molecule has 2 atom stereocenters. The molecule has 0 saturated heterocycles. The fourth-order valence-corrected chi connectivity index (χ4v) is 0.846. The predicted molar refractivity (Wildman–Crippen MR) is 45.7 cm³/mol. The normalized spacial score (nSPS) is 15.8. The van der Waals surface area contributed by atoms with Crippen molar-refractivity contribution in [3.8, 4) is 0 Å². The average Bonchev–Trinajstić information content (AvgIpc) is 2.03. The van der Waals surface area contributed by atoms with Gasteiger partial charge in [-0.15, -0.1) is 0 Å². The molecule has 6 heteroatoms. The van der Waals surface area contributed by atoms with Crippen molar-refractivity contribution in [3.05, 3.63) is 0 Å². The second-order valence-electron chi connectivity index (χ2n) is 2.95. The second-order valence-corrected chi connectivity index (χ2v) is 2.95. The molecule has 0 saturated carbocycles. The minimum Gasteiger partial charge on any atom is -0.480 e. The number of aliphatic hydroxyl groups is 2. The van der Waals surface area contributed by atoms with Crippen LogP contribution in [0.1, 0.15) is 19.3 Å². The first-order valence-electron chi connectivity index (χ1n) is 4.05. The molecule has 0 aliphatic rings. The molecular weight excluding hydrogens is 176 g/mol. The van der Waals surface area contributed by atoms with Crippen LogP contribution in [-0.4, -0.2) is 39.7 Å². The van der Waals surface area contributed by atoms with Gasteiger partial charge in [-0.25, -0.2) is 0 Å². The van der Waals surface area contributed by atoms with Crippen molar-refractivity contribution in [2.24, 2.45) is 11.5 Å². The van der Waals surface area contributed by atoms with E-state index in [0.717, 1.165) is 0 Å². The van der Waals surface area contributed by atoms with E-state index in [1.54, 1.807) is 0 Å². The molecule has 0 spiro atoms. The van der Waals surface area contributed by atoms with Crippen LogP contribution in [0.5, 0.6) is 0 Å². The van der Waals surface area contributed by atoms with Crippen molar-refractivity contribution in [2.45, 2.75) is 37.6 Å². The maximum absolute atomic E-state index is 10.3. The Labute approximate surface area is 76.2 Å². The molecule has 78 valence electrons. The van der Waals surface area contributed by atoms with Gasteiger partial charge in [0.2, 0.25) is 0 Å². The molecule has 0 amide bonds. The zero-order valence-corrected chi connectivity index (χ0v) is 7.26. The summed E-state index contributed by atoms with van der Waals surface area (Å²) >= 11 is 0. The third kappa shape index (κ3) is 5.53. The number of aliphatic carboxylic acids is 1. The van der Waals surface area contributed by atoms with Crippen LogP contribution in [-0.2, 0) is 4.79 Å². The molecule has 1 unspecified atom stereocenters. The maximum Gasteiger partial charge on any atom is 0.320 e. The minimum atomic E-state index is -1.55. The summed E-state index contributed by atoms with van der Waals surface area (Å²) in [5, 5.41) is 25.6. The van der Waals surface area contributed by atoms with Crippen molar-refractivity contribution >= 4 is 5.97 Å². The van der Waals surface area contributed by atoms with E-state index in [9.17, 15) is 4.79 Å². The Balaban J connectivity index is 3.50. The lowest BCUT2D eigenvalue weighted by molar-refractivity contribution is -0.138. The van der Waals surface area contributed by atoms with E-state index >= 15 is 0 Å². The molecule has 7 N–H and O–H groups in total. The maximum atomic E-state index is 10.3. The zero-order valence-electron chi connectivity index (χ0n) is 7.26. The first-order valence-corrected chi connectivity index (χ1v) is 4.05. The van der Waals surface area contributed by atoms with Crippen LogP contribution in [0.25, 0.3) is 0 Å². The Morgan fingerprint density at radius 2 is 1.77 bits per heavy atom. The Morgan fingerprint density at radius 3 is 2.15 bits per heavy atom. The van der Waals surface area contributed by atoms with Crippen LogP contribution < -0.4 is 11.5 Å². The van der Waals surface area contributed by atoms with Crippen molar-refractivity contribution < 1.29 is 20.1 Å². The summed E-state index contributed by atoms with van der Waals surface area (Å²) in [6, 6.07) is -1.64. The third-order valence-electron chi connectivity index (χ3n) is 1.75. The minimum absolute atomic E-state index is 0.287. The second kappa shape index (κ2) is 5.87. The highest BCUT2D eigenvalue weighted by molar-refractivity contribution is 5.72. The molecule has 0 aromatic heterocycles. The smallest absolute Gasteiger partial charge is 0.320 e. The number of rotatable bonds is 6. The molecule has 0 rings (SSSR count). The van der Waals surface area contributed by atoms with Gasteiger partial charge >= 0.3 is 5.97 Å². The van der Waals surface area contributed by atoms with Crippen molar-refractivity contribution in [1.29, 1.82) is 0 Å². The van der Waals surface area contributed by atoms with Gasteiger partial charge in [0, 0.05) is 0 Å². The van der Waals surface area contributed by atoms with E-state index in [0.29, 0.717) is 12.8 Å². The van der Waals surface area contributed by atoms with Gasteiger partial charge in [-0.3, -0.25) is 4.79 Å². The van der Waals surface area contributed by atoms with Crippen LogP contribution in [0.3, 0.4) is 0 Å². The number of carboxylic acids is 1. The molecule has 0 aromatic carbocycles. The highest BCUT2D eigenvalue weighted by Gasteiger charge is 2.14. The quantitative estimate of drug-likeness (QED) is 0.316. The van der Waals surface area contributed by atoms with Crippen LogP contribution in [0.4, 0.5) is 0 Å². The van der Waals surface area contributed by atoms with Gasteiger partial charge in [-0.2, -0.15) is 0 Å². The largest absolute Gasteiger partial charge is 0.480 e. The molecule has 0 aliphatic carbocycles. The lowest BCUT2D eigenvalue weighted by Crippen LogP contribution is -2.35. The number of aliphatic hydroxyl groups excluding tert-OH is 1. The lowest BCUT2D eigenvalue weighted by atomic mass is 10.1. The Hall–Kier alpha value is -0.690. The van der Waals surface area contributed by atoms with Gasteiger partial charge in [-0.05, 0) is 19.3 Å². The highest BCUT2D eigenvalue weighted by atomic mass is 16.5. The summed E-state index contributed by atoms with van der Waals surface area (Å²) in [4.78, 5) is 10.3. The lowest BCUT2D eigenvalue weighted by Gasteiger charge is -2.13. The standard InChI is InChI=1S/C7H16N2O4/c8-4(6(10)11)2-1-3-5(9)7(12)13/h4-6,10-11H,1-3,8-9H2,(H,12,13)/t4?,5-/m0/s1. The fraction of sp³-hybridized carbons (Fsp3) is 0.857. The number of hydrogen-bond acceptors (Lipinski definition) is 5. The van der Waals surface area contributed by atoms with Crippen LogP contribution in [0.2, 0.25) is 0 Å². The molecule has 0 aromatic rings. The molecule has 13 heavy (non-hydrogen) atoms. The van der Waals surface area contributed by atoms with Crippen LogP contribution in [0.15, 0.2) is 0 Å². The molecule has 0 fully saturated rings. The summed E-state index contributed by atoms with van der Waals surface area (Å²) in [6.45, 7) is 0. The summed E-state index contributed by atoms with van der Waals surface area (Å²) < 4.78 is 0. The van der Waals surface area contributed by atoms with Crippen LogP contribution >= 0.6 is 0 Å². The van der Waals surface area contributed by atoms with Crippen molar-refractivity contribution in [2.75, 3.05) is 0 Å². The summed E-state index contributed by atoms with van der Waals surface area (Å²) in [7, 11) is 0. The molecule has 0 radical (unpaired) electrons. The van der Waals surface area contributed by atoms with Crippen molar-refractivity contribution in [1.82, 2.24) is 0 Å². The number of nitrogens with two attached hydrogens (primary N) is 2. The fourth-order valence-electron chi connectivity index (χ4n) is 0.846. The number of carboxylic acid groups (broad SMARTS) is 1. The van der Waals surface area contributed by atoms with E-state index in [4.69, 9.17) is 26.8 Å². The van der Waals surface area contributed by atoms with E-state index in [1.165, 1.54) is 0 Å². The van der Waals surface area contributed by atoms with E-state index < -0.39 is 24.3 Å². The highest BCUT2D eigenvalue weighted by Crippen LogP contribution is 2.03. The molecule has 6 nitrogen and oxygen atoms in total. The van der Waals surface area contributed by atoms with Gasteiger partial charge in [0.15, 0.2) is 6.29 Å². The predicted octanol–water partition coefficient (Wildman–Crippen LogP) is -1.79. The number of hydrogen-bond donors (Lipinski definition) is 5. The Kier molecular flexibility index (Phi) is 5.56. The van der Waals surface area contributed by atoms with Gasteiger partial charge < -0.3 is 26.8 Å². The topological polar surface area (TPSA) is 130 Å². The van der Waals surface area contributed by atoms with E-state index in [2.05, 4.69) is 0 Å². The first kappa shape index (κ1) is 12.3. The van der Waals surface area contributed by atoms with Crippen LogP contribution in [0, 0.1) is 0 Å². The van der Waals surface area contributed by atoms with E-state index in [-0.39, 0.29) is 6.42 Å². The van der Waals surface area contributed by atoms with Gasteiger partial charge in [-0.1, -0.05) is 0 Å². The summed E-state index contributed by atoms with van der Waals surface area (Å²) in [6.07, 6.45) is -0.457. The SMILES string of the molecule is NC(CCC[C@H](N)C(=O)O)C(O)O. The molecule has 0 bridgehead atoms. The Morgan fingerprint density at radius 1 is 1.23 bits per heavy atom. The van der Waals surface area contributed by atoms with Crippen molar-refractivity contribution in [3.63, 3.8) is 0 Å². The van der Waals surface area contributed by atoms with E-state index in [1.807, 2.05) is 0 Å². The number of carbonyl (C=O) groups is 1.